The number of aliphatic hydroxyl groups excluding tert-OH is 1. The normalized spacial score (nSPS) is 12.7. The first-order valence-corrected chi connectivity index (χ1v) is 5.71. The van der Waals surface area contributed by atoms with Crippen molar-refractivity contribution < 1.29 is 5.11 Å². The highest BCUT2D eigenvalue weighted by atomic mass is 32.1. The predicted octanol–water partition coefficient (Wildman–Crippen LogP) is 2.73. The molecule has 0 aliphatic rings. The zero-order chi connectivity index (χ0) is 10.7. The molecular weight excluding hydrogens is 206 g/mol. The van der Waals surface area contributed by atoms with Gasteiger partial charge in [0.2, 0.25) is 0 Å². The van der Waals surface area contributed by atoms with Gasteiger partial charge in [-0.25, -0.2) is 0 Å². The van der Waals surface area contributed by atoms with Crippen LogP contribution in [0.1, 0.15) is 21.6 Å². The number of rotatable bonds is 3. The molecule has 1 unspecified atom stereocenters. The van der Waals surface area contributed by atoms with Crippen molar-refractivity contribution in [1.82, 2.24) is 4.98 Å². The molecule has 2 rings (SSSR count). The van der Waals surface area contributed by atoms with Gasteiger partial charge in [0, 0.05) is 28.1 Å². The van der Waals surface area contributed by atoms with Crippen LogP contribution in [0.4, 0.5) is 0 Å². The van der Waals surface area contributed by atoms with Gasteiger partial charge in [-0.3, -0.25) is 4.98 Å². The maximum Gasteiger partial charge on any atom is 0.0937 e. The molecule has 78 valence electrons. The molecule has 2 nitrogen and oxygen atoms in total. The molecule has 0 radical (unpaired) electrons. The molecule has 1 N–H and O–H groups in total. The van der Waals surface area contributed by atoms with E-state index < -0.39 is 6.10 Å². The molecule has 0 saturated heterocycles. The molecule has 0 spiro atoms. The van der Waals surface area contributed by atoms with Crippen LogP contribution in [0.3, 0.4) is 0 Å². The van der Waals surface area contributed by atoms with E-state index in [0.717, 1.165) is 10.6 Å². The van der Waals surface area contributed by atoms with Crippen molar-refractivity contribution in [3.05, 3.63) is 52.0 Å². The van der Waals surface area contributed by atoms with E-state index in [2.05, 4.69) is 4.98 Å². The van der Waals surface area contributed by atoms with E-state index in [1.165, 1.54) is 4.88 Å². The summed E-state index contributed by atoms with van der Waals surface area (Å²) < 4.78 is 0. The fraction of sp³-hybridized carbons (Fsp3) is 0.250. The molecule has 2 aromatic rings. The maximum atomic E-state index is 9.96. The largest absolute Gasteiger partial charge is 0.387 e. The zero-order valence-electron chi connectivity index (χ0n) is 8.55. The van der Waals surface area contributed by atoms with E-state index in [1.54, 1.807) is 17.5 Å². The molecule has 0 aliphatic carbocycles. The van der Waals surface area contributed by atoms with Crippen LogP contribution in [0.25, 0.3) is 0 Å². The predicted molar refractivity (Wildman–Crippen MR) is 62.0 cm³/mol. The van der Waals surface area contributed by atoms with Crippen LogP contribution in [0.2, 0.25) is 0 Å². The third kappa shape index (κ3) is 2.64. The van der Waals surface area contributed by atoms with Crippen molar-refractivity contribution in [2.24, 2.45) is 0 Å². The smallest absolute Gasteiger partial charge is 0.0937 e. The molecule has 0 aromatic carbocycles. The highest BCUT2D eigenvalue weighted by Gasteiger charge is 2.10. The van der Waals surface area contributed by atoms with Gasteiger partial charge < -0.3 is 5.11 Å². The van der Waals surface area contributed by atoms with E-state index in [0.29, 0.717) is 6.42 Å². The average molecular weight is 219 g/mol. The lowest BCUT2D eigenvalue weighted by atomic mass is 10.1. The standard InChI is InChI=1S/C12H13NOS/c1-9-5-6-12(15-9)11(14)8-10-4-2-3-7-13-10/h2-7,11,14H,8H2,1H3. The molecule has 2 aromatic heterocycles. The summed E-state index contributed by atoms with van der Waals surface area (Å²) in [6.45, 7) is 2.04. The van der Waals surface area contributed by atoms with Gasteiger partial charge in [0.05, 0.1) is 6.10 Å². The van der Waals surface area contributed by atoms with Crippen molar-refractivity contribution in [3.63, 3.8) is 0 Å². The van der Waals surface area contributed by atoms with E-state index in [1.807, 2.05) is 37.3 Å². The Morgan fingerprint density at radius 3 is 2.80 bits per heavy atom. The Kier molecular flexibility index (Phi) is 3.14. The zero-order valence-corrected chi connectivity index (χ0v) is 9.37. The van der Waals surface area contributed by atoms with Gasteiger partial charge in [-0.1, -0.05) is 6.07 Å². The fourth-order valence-electron chi connectivity index (χ4n) is 1.45. The minimum Gasteiger partial charge on any atom is -0.387 e. The first-order chi connectivity index (χ1) is 7.25. The van der Waals surface area contributed by atoms with Crippen LogP contribution < -0.4 is 0 Å². The summed E-state index contributed by atoms with van der Waals surface area (Å²) in [4.78, 5) is 6.43. The molecule has 0 aliphatic heterocycles. The van der Waals surface area contributed by atoms with E-state index in [9.17, 15) is 5.11 Å². The van der Waals surface area contributed by atoms with Gasteiger partial charge in [-0.15, -0.1) is 11.3 Å². The summed E-state index contributed by atoms with van der Waals surface area (Å²) in [5.74, 6) is 0. The minimum absolute atomic E-state index is 0.432. The Morgan fingerprint density at radius 2 is 2.20 bits per heavy atom. The van der Waals surface area contributed by atoms with Crippen LogP contribution >= 0.6 is 11.3 Å². The third-order valence-corrected chi connectivity index (χ3v) is 3.32. The van der Waals surface area contributed by atoms with E-state index in [4.69, 9.17) is 0 Å². The van der Waals surface area contributed by atoms with E-state index >= 15 is 0 Å². The number of pyridine rings is 1. The van der Waals surface area contributed by atoms with Gasteiger partial charge in [-0.2, -0.15) is 0 Å². The molecular formula is C12H13NOS. The summed E-state index contributed by atoms with van der Waals surface area (Å²) in [6, 6.07) is 9.76. The van der Waals surface area contributed by atoms with Crippen molar-refractivity contribution in [2.45, 2.75) is 19.4 Å². The number of thiophene rings is 1. The maximum absolute atomic E-state index is 9.96. The number of aromatic nitrogens is 1. The van der Waals surface area contributed by atoms with Crippen molar-refractivity contribution in [3.8, 4) is 0 Å². The second-order valence-electron chi connectivity index (χ2n) is 3.49. The molecule has 0 fully saturated rings. The monoisotopic (exact) mass is 219 g/mol. The second-order valence-corrected chi connectivity index (χ2v) is 4.81. The van der Waals surface area contributed by atoms with Gasteiger partial charge >= 0.3 is 0 Å². The molecule has 15 heavy (non-hydrogen) atoms. The first-order valence-electron chi connectivity index (χ1n) is 4.90. The Hall–Kier alpha value is -1.19. The van der Waals surface area contributed by atoms with Crippen LogP contribution in [-0.4, -0.2) is 10.1 Å². The molecule has 1 atom stereocenters. The number of hydrogen-bond donors (Lipinski definition) is 1. The number of hydrogen-bond acceptors (Lipinski definition) is 3. The Morgan fingerprint density at radius 1 is 1.33 bits per heavy atom. The summed E-state index contributed by atoms with van der Waals surface area (Å²) in [5.41, 5.74) is 0.927. The summed E-state index contributed by atoms with van der Waals surface area (Å²) >= 11 is 1.64. The highest BCUT2D eigenvalue weighted by Crippen LogP contribution is 2.24. The average Bonchev–Trinajstić information content (AvgIpc) is 2.66. The summed E-state index contributed by atoms with van der Waals surface area (Å²) in [7, 11) is 0. The van der Waals surface area contributed by atoms with Crippen LogP contribution in [-0.2, 0) is 6.42 Å². The SMILES string of the molecule is Cc1ccc(C(O)Cc2ccccn2)s1. The van der Waals surface area contributed by atoms with Crippen LogP contribution in [0.5, 0.6) is 0 Å². The number of nitrogens with zero attached hydrogens (tertiary/aromatic N) is 1. The fourth-order valence-corrected chi connectivity index (χ4v) is 2.31. The van der Waals surface area contributed by atoms with Gasteiger partial charge in [0.15, 0.2) is 0 Å². The quantitative estimate of drug-likeness (QED) is 0.861. The Bertz CT molecular complexity index is 424. The molecule has 3 heteroatoms. The van der Waals surface area contributed by atoms with Gasteiger partial charge in [0.1, 0.15) is 0 Å². The molecule has 2 heterocycles. The van der Waals surface area contributed by atoms with Crippen LogP contribution in [0.15, 0.2) is 36.5 Å². The second kappa shape index (κ2) is 4.55. The lowest BCUT2D eigenvalue weighted by Crippen LogP contribution is -2.00. The van der Waals surface area contributed by atoms with Crippen molar-refractivity contribution >= 4 is 11.3 Å². The van der Waals surface area contributed by atoms with E-state index in [-0.39, 0.29) is 0 Å². The van der Waals surface area contributed by atoms with Crippen molar-refractivity contribution in [2.75, 3.05) is 0 Å². The topological polar surface area (TPSA) is 33.1 Å². The molecule has 0 amide bonds. The summed E-state index contributed by atoms with van der Waals surface area (Å²) in [5, 5.41) is 9.96. The van der Waals surface area contributed by atoms with Crippen molar-refractivity contribution in [1.29, 1.82) is 0 Å². The lowest BCUT2D eigenvalue weighted by molar-refractivity contribution is 0.181. The van der Waals surface area contributed by atoms with Gasteiger partial charge in [0.25, 0.3) is 0 Å². The molecule has 0 bridgehead atoms. The minimum atomic E-state index is -0.432. The lowest BCUT2D eigenvalue weighted by Gasteiger charge is -2.07. The highest BCUT2D eigenvalue weighted by molar-refractivity contribution is 7.12. The number of aryl methyl sites for hydroxylation is 1. The first kappa shape index (κ1) is 10.3. The van der Waals surface area contributed by atoms with Gasteiger partial charge in [-0.05, 0) is 31.2 Å². The third-order valence-electron chi connectivity index (χ3n) is 2.22. The summed E-state index contributed by atoms with van der Waals surface area (Å²) in [6.07, 6.45) is 1.90. The molecule has 0 saturated carbocycles. The Balaban J connectivity index is 2.07. The Labute approximate surface area is 93.2 Å². The number of aliphatic hydroxyl groups is 1. The van der Waals surface area contributed by atoms with Crippen LogP contribution in [0, 0.1) is 6.92 Å².